The third-order valence-electron chi connectivity index (χ3n) is 4.18. The number of carbonyl (C=O) groups is 1. The number of carbonyl (C=O) groups excluding carboxylic acids is 1. The first-order valence-electron chi connectivity index (χ1n) is 6.33. The van der Waals surface area contributed by atoms with Gasteiger partial charge in [-0.05, 0) is 19.3 Å². The van der Waals surface area contributed by atoms with Crippen molar-refractivity contribution in [2.45, 2.75) is 30.1 Å². The van der Waals surface area contributed by atoms with E-state index >= 15 is 0 Å². The number of primary amides is 1. The van der Waals surface area contributed by atoms with E-state index in [0.29, 0.717) is 25.9 Å². The smallest absolute Gasteiger partial charge is 0.239 e. The fourth-order valence-corrected chi connectivity index (χ4v) is 5.07. The summed E-state index contributed by atoms with van der Waals surface area (Å²) in [6.07, 6.45) is 3.04. The van der Waals surface area contributed by atoms with E-state index < -0.39 is 26.5 Å². The molecule has 0 aromatic carbocycles. The lowest BCUT2D eigenvalue weighted by Crippen LogP contribution is -2.66. The minimum absolute atomic E-state index is 0.489. The molecule has 2 rings (SSSR count). The maximum absolute atomic E-state index is 12.0. The molecule has 0 aromatic heterocycles. The summed E-state index contributed by atoms with van der Waals surface area (Å²) in [5.74, 6) is -0.489. The molecular weight excluding hydrogens is 254 g/mol. The summed E-state index contributed by atoms with van der Waals surface area (Å²) in [5, 5.41) is 2.55. The van der Waals surface area contributed by atoms with E-state index in [1.165, 1.54) is 6.26 Å². The molecule has 1 aliphatic heterocycles. The van der Waals surface area contributed by atoms with Crippen LogP contribution in [0.3, 0.4) is 0 Å². The monoisotopic (exact) mass is 275 g/mol. The van der Waals surface area contributed by atoms with E-state index in [-0.39, 0.29) is 0 Å². The van der Waals surface area contributed by atoms with Crippen molar-refractivity contribution in [2.75, 3.05) is 32.4 Å². The average Bonchev–Trinajstić information content (AvgIpc) is 2.75. The zero-order valence-corrected chi connectivity index (χ0v) is 11.5. The van der Waals surface area contributed by atoms with Crippen LogP contribution < -0.4 is 11.1 Å². The predicted octanol–water partition coefficient (Wildman–Crippen LogP) is -1.29. The Kier molecular flexibility index (Phi) is 3.66. The summed E-state index contributed by atoms with van der Waals surface area (Å²) in [4.78, 5) is 14.0. The van der Waals surface area contributed by atoms with Gasteiger partial charge in [0.15, 0.2) is 9.84 Å². The lowest BCUT2D eigenvalue weighted by atomic mass is 9.93. The Hall–Kier alpha value is -0.660. The van der Waals surface area contributed by atoms with Crippen molar-refractivity contribution in [3.8, 4) is 0 Å². The lowest BCUT2D eigenvalue weighted by molar-refractivity contribution is -0.130. The van der Waals surface area contributed by atoms with Gasteiger partial charge in [0.2, 0.25) is 5.91 Å². The Morgan fingerprint density at radius 3 is 2.50 bits per heavy atom. The quantitative estimate of drug-likeness (QED) is 0.669. The number of hydrogen-bond acceptors (Lipinski definition) is 5. The Balaban J connectivity index is 2.39. The number of amides is 1. The van der Waals surface area contributed by atoms with Crippen LogP contribution in [0.15, 0.2) is 0 Å². The molecule has 2 atom stereocenters. The van der Waals surface area contributed by atoms with Crippen LogP contribution in [0.25, 0.3) is 0 Å². The van der Waals surface area contributed by atoms with E-state index in [0.717, 1.165) is 19.5 Å². The Morgan fingerprint density at radius 1 is 1.39 bits per heavy atom. The molecule has 1 saturated carbocycles. The first-order valence-corrected chi connectivity index (χ1v) is 8.29. The molecule has 1 heterocycles. The van der Waals surface area contributed by atoms with Crippen LogP contribution in [0.1, 0.15) is 19.3 Å². The second-order valence-electron chi connectivity index (χ2n) is 5.24. The molecule has 0 bridgehead atoms. The highest BCUT2D eigenvalue weighted by atomic mass is 32.2. The van der Waals surface area contributed by atoms with Crippen LogP contribution in [0, 0.1) is 0 Å². The van der Waals surface area contributed by atoms with Crippen molar-refractivity contribution in [2.24, 2.45) is 5.73 Å². The maximum atomic E-state index is 12.0. The molecule has 1 aliphatic carbocycles. The summed E-state index contributed by atoms with van der Waals surface area (Å²) in [7, 11) is -3.27. The molecule has 2 fully saturated rings. The molecule has 0 spiro atoms. The van der Waals surface area contributed by atoms with Crippen LogP contribution in [-0.2, 0) is 14.6 Å². The van der Waals surface area contributed by atoms with Crippen LogP contribution >= 0.6 is 0 Å². The van der Waals surface area contributed by atoms with Crippen molar-refractivity contribution >= 4 is 15.7 Å². The first kappa shape index (κ1) is 13.8. The zero-order valence-electron chi connectivity index (χ0n) is 10.7. The molecule has 1 amide bonds. The normalized spacial score (nSPS) is 34.6. The second-order valence-corrected chi connectivity index (χ2v) is 7.46. The SMILES string of the molecule is CS(=O)(=O)C1CCCC1(C(N)=O)N1CCNCC1. The van der Waals surface area contributed by atoms with Gasteiger partial charge in [-0.15, -0.1) is 0 Å². The van der Waals surface area contributed by atoms with Crippen molar-refractivity contribution in [3.05, 3.63) is 0 Å². The number of hydrogen-bond donors (Lipinski definition) is 2. The molecule has 0 radical (unpaired) electrons. The van der Waals surface area contributed by atoms with Gasteiger partial charge in [-0.25, -0.2) is 8.42 Å². The Labute approximate surface area is 108 Å². The lowest BCUT2D eigenvalue weighted by Gasteiger charge is -2.44. The molecule has 3 N–H and O–H groups in total. The molecule has 2 unspecified atom stereocenters. The number of nitrogens with two attached hydrogens (primary N) is 1. The molecule has 0 aromatic rings. The van der Waals surface area contributed by atoms with Crippen molar-refractivity contribution in [1.82, 2.24) is 10.2 Å². The van der Waals surface area contributed by atoms with Gasteiger partial charge in [-0.2, -0.15) is 0 Å². The second kappa shape index (κ2) is 4.79. The molecule has 1 saturated heterocycles. The van der Waals surface area contributed by atoms with Crippen LogP contribution in [-0.4, -0.2) is 62.4 Å². The summed E-state index contributed by atoms with van der Waals surface area (Å²) in [5.41, 5.74) is 4.59. The van der Waals surface area contributed by atoms with Crippen LogP contribution in [0.4, 0.5) is 0 Å². The number of nitrogens with zero attached hydrogens (tertiary/aromatic N) is 1. The van der Waals surface area contributed by atoms with E-state index in [4.69, 9.17) is 5.73 Å². The Morgan fingerprint density at radius 2 is 2.00 bits per heavy atom. The largest absolute Gasteiger partial charge is 0.368 e. The van der Waals surface area contributed by atoms with E-state index in [1.54, 1.807) is 0 Å². The highest BCUT2D eigenvalue weighted by molar-refractivity contribution is 7.91. The summed E-state index contributed by atoms with van der Waals surface area (Å²) in [6, 6.07) is 0. The summed E-state index contributed by atoms with van der Waals surface area (Å²) in [6.45, 7) is 2.89. The van der Waals surface area contributed by atoms with Crippen molar-refractivity contribution < 1.29 is 13.2 Å². The van der Waals surface area contributed by atoms with E-state index in [9.17, 15) is 13.2 Å². The van der Waals surface area contributed by atoms with Gasteiger partial charge in [0.05, 0.1) is 5.25 Å². The standard InChI is InChI=1S/C11H21N3O3S/c1-18(16,17)9-3-2-4-11(9,10(12)15)14-7-5-13-6-8-14/h9,13H,2-8H2,1H3,(H2,12,15). The molecule has 6 nitrogen and oxygen atoms in total. The third kappa shape index (κ3) is 2.15. The van der Waals surface area contributed by atoms with Gasteiger partial charge in [-0.3, -0.25) is 9.69 Å². The molecule has 7 heteroatoms. The first-order chi connectivity index (χ1) is 8.39. The highest BCUT2D eigenvalue weighted by Gasteiger charge is 2.56. The molecule has 104 valence electrons. The van der Waals surface area contributed by atoms with Gasteiger partial charge in [-0.1, -0.05) is 0 Å². The van der Waals surface area contributed by atoms with Crippen LogP contribution in [0.5, 0.6) is 0 Å². The topological polar surface area (TPSA) is 92.5 Å². The number of rotatable bonds is 3. The molecule has 2 aliphatic rings. The van der Waals surface area contributed by atoms with E-state index in [1.807, 2.05) is 4.90 Å². The summed E-state index contributed by atoms with van der Waals surface area (Å²) >= 11 is 0. The zero-order chi connectivity index (χ0) is 13.4. The number of nitrogens with one attached hydrogen (secondary N) is 1. The van der Waals surface area contributed by atoms with Crippen molar-refractivity contribution in [3.63, 3.8) is 0 Å². The van der Waals surface area contributed by atoms with Gasteiger partial charge >= 0.3 is 0 Å². The Bertz CT molecular complexity index is 431. The number of sulfone groups is 1. The fraction of sp³-hybridized carbons (Fsp3) is 0.909. The maximum Gasteiger partial charge on any atom is 0.239 e. The van der Waals surface area contributed by atoms with Gasteiger partial charge in [0.25, 0.3) is 0 Å². The van der Waals surface area contributed by atoms with Gasteiger partial charge in [0.1, 0.15) is 5.54 Å². The van der Waals surface area contributed by atoms with Gasteiger partial charge < -0.3 is 11.1 Å². The predicted molar refractivity (Wildman–Crippen MR) is 68.9 cm³/mol. The van der Waals surface area contributed by atoms with Crippen LogP contribution in [0.2, 0.25) is 0 Å². The molecular formula is C11H21N3O3S. The average molecular weight is 275 g/mol. The fourth-order valence-electron chi connectivity index (χ4n) is 3.39. The van der Waals surface area contributed by atoms with Gasteiger partial charge in [0, 0.05) is 32.4 Å². The minimum atomic E-state index is -3.27. The molecule has 18 heavy (non-hydrogen) atoms. The minimum Gasteiger partial charge on any atom is -0.368 e. The van der Waals surface area contributed by atoms with Crippen molar-refractivity contribution in [1.29, 1.82) is 0 Å². The number of piperazine rings is 1. The highest BCUT2D eigenvalue weighted by Crippen LogP contribution is 2.39. The third-order valence-corrected chi connectivity index (χ3v) is 5.84. The van der Waals surface area contributed by atoms with E-state index in [2.05, 4.69) is 5.32 Å². The summed E-state index contributed by atoms with van der Waals surface area (Å²) < 4.78 is 23.9.